The number of esters is 3. The van der Waals surface area contributed by atoms with Crippen LogP contribution in [0.2, 0.25) is 0 Å². The molecule has 2 bridgehead atoms. The molecule has 4 aliphatic rings. The Hall–Kier alpha value is -5.29. The Morgan fingerprint density at radius 3 is 2.10 bits per heavy atom. The summed E-state index contributed by atoms with van der Waals surface area (Å²) in [5, 5.41) is 39.9. The second kappa shape index (κ2) is 16.9. The average molecular weight is 842 g/mol. The monoisotopic (exact) mass is 841 g/mol. The predicted octanol–water partition coefficient (Wildman–Crippen LogP) is 3.64. The lowest BCUT2D eigenvalue weighted by molar-refractivity contribution is -0.420. The summed E-state index contributed by atoms with van der Waals surface area (Å²) >= 11 is 0. The molecule has 3 aromatic carbocycles. The number of ketones is 1. The Kier molecular flexibility index (Phi) is 12.1. The molecule has 11 atom stereocenters. The third-order valence-electron chi connectivity index (χ3n) is 13.0. The van der Waals surface area contributed by atoms with Gasteiger partial charge >= 0.3 is 17.9 Å². The van der Waals surface area contributed by atoms with E-state index in [-0.39, 0.29) is 30.8 Å². The first-order chi connectivity index (χ1) is 28.9. The van der Waals surface area contributed by atoms with E-state index >= 15 is 4.79 Å². The maximum atomic E-state index is 15.3. The van der Waals surface area contributed by atoms with Crippen LogP contribution in [0.4, 0.5) is 0 Å². The lowest BCUT2D eigenvalue weighted by Gasteiger charge is -2.67. The molecule has 1 saturated heterocycles. The fraction of sp³-hybridized carbons (Fsp3) is 0.457. The van der Waals surface area contributed by atoms with Crippen LogP contribution < -0.4 is 5.32 Å². The normalized spacial score (nSPS) is 32.1. The Bertz CT molecular complexity index is 2160. The molecule has 15 nitrogen and oxygen atoms in total. The molecule has 1 heterocycles. The largest absolute Gasteiger partial charge is 0.456 e. The molecule has 15 heteroatoms. The number of benzene rings is 3. The number of hydrogen-bond donors (Lipinski definition) is 4. The quantitative estimate of drug-likeness (QED) is 0.0675. The van der Waals surface area contributed by atoms with Gasteiger partial charge in [0.1, 0.15) is 30.5 Å². The van der Waals surface area contributed by atoms with Crippen LogP contribution in [0.25, 0.3) is 0 Å². The second-order valence-corrected chi connectivity index (χ2v) is 17.0. The zero-order valence-corrected chi connectivity index (χ0v) is 34.5. The van der Waals surface area contributed by atoms with E-state index in [0.29, 0.717) is 11.1 Å². The van der Waals surface area contributed by atoms with Crippen molar-refractivity contribution in [1.29, 1.82) is 0 Å². The standard InChI is InChI=1S/C46H51NO14/c1-26(48)58-37-32-21-31(59-42(54)36(51)35(29-17-11-7-12-18-29)47-41(53)30-19-13-8-14-20-30)23-46(55,43(32,3)4)40(61-57-24-28-15-9-6-10-16-28)38-44(5,39(37)52)33(50)22-34-45(38,25-56-34)60-27(2)49/h6-21,31,33-38,40,50-51,55H,22-25H2,1-5H3,(H,47,53)/t31-,33+,34-,35+,36-,37-,38?,40?,44-,45+,46-/m1/s1. The minimum absolute atomic E-state index is 0.0165. The first-order valence-corrected chi connectivity index (χ1v) is 20.2. The molecule has 3 aliphatic carbocycles. The molecule has 0 aromatic heterocycles. The third kappa shape index (κ3) is 7.79. The zero-order valence-electron chi connectivity index (χ0n) is 34.5. The minimum Gasteiger partial charge on any atom is -0.456 e. The maximum absolute atomic E-state index is 15.3. The predicted molar refractivity (Wildman–Crippen MR) is 214 cm³/mol. The molecule has 2 unspecified atom stereocenters. The summed E-state index contributed by atoms with van der Waals surface area (Å²) in [7, 11) is 0. The van der Waals surface area contributed by atoms with E-state index in [9.17, 15) is 34.5 Å². The smallest absolute Gasteiger partial charge is 0.338 e. The van der Waals surface area contributed by atoms with Gasteiger partial charge in [0, 0.05) is 37.7 Å². The molecule has 0 radical (unpaired) electrons. The van der Waals surface area contributed by atoms with Crippen LogP contribution in [-0.2, 0) is 54.5 Å². The highest BCUT2D eigenvalue weighted by molar-refractivity contribution is 5.96. The summed E-state index contributed by atoms with van der Waals surface area (Å²) < 4.78 is 23.7. The van der Waals surface area contributed by atoms with Gasteiger partial charge in [-0.05, 0) is 41.8 Å². The number of hydrogen-bond acceptors (Lipinski definition) is 14. The van der Waals surface area contributed by atoms with Gasteiger partial charge in [-0.15, -0.1) is 0 Å². The first kappa shape index (κ1) is 43.8. The molecule has 1 aliphatic heterocycles. The van der Waals surface area contributed by atoms with Crippen molar-refractivity contribution in [3.8, 4) is 0 Å². The molecule has 7 rings (SSSR count). The van der Waals surface area contributed by atoms with Gasteiger partial charge in [0.2, 0.25) is 0 Å². The maximum Gasteiger partial charge on any atom is 0.338 e. The Balaban J connectivity index is 1.33. The Labute approximate surface area is 352 Å². The molecule has 2 saturated carbocycles. The number of aliphatic hydroxyl groups is 3. The van der Waals surface area contributed by atoms with Gasteiger partial charge in [-0.2, -0.15) is 0 Å². The van der Waals surface area contributed by atoms with Gasteiger partial charge in [0.15, 0.2) is 23.6 Å². The number of carbonyl (C=O) groups is 5. The van der Waals surface area contributed by atoms with E-state index in [2.05, 4.69) is 5.32 Å². The van der Waals surface area contributed by atoms with Crippen LogP contribution >= 0.6 is 0 Å². The highest BCUT2D eigenvalue weighted by Crippen LogP contribution is 2.63. The van der Waals surface area contributed by atoms with E-state index < -0.39 is 107 Å². The van der Waals surface area contributed by atoms with E-state index in [4.69, 9.17) is 28.7 Å². The fourth-order valence-corrected chi connectivity index (χ4v) is 9.68. The molecule has 1 amide bonds. The van der Waals surface area contributed by atoms with Crippen molar-refractivity contribution in [2.24, 2.45) is 16.7 Å². The molecule has 0 spiro atoms. The number of aliphatic hydroxyl groups excluding tert-OH is 2. The van der Waals surface area contributed by atoms with Gasteiger partial charge in [-0.25, -0.2) is 14.6 Å². The van der Waals surface area contributed by atoms with Crippen LogP contribution in [0.5, 0.6) is 0 Å². The van der Waals surface area contributed by atoms with Crippen LogP contribution in [-0.4, -0.2) is 99.4 Å². The van der Waals surface area contributed by atoms with Gasteiger partial charge in [-0.3, -0.25) is 19.2 Å². The van der Waals surface area contributed by atoms with Crippen molar-refractivity contribution in [2.45, 2.75) is 108 Å². The molecular weight excluding hydrogens is 790 g/mol. The van der Waals surface area contributed by atoms with E-state index in [0.717, 1.165) is 6.92 Å². The summed E-state index contributed by atoms with van der Waals surface area (Å²) in [5.74, 6) is -5.58. The molecule has 61 heavy (non-hydrogen) atoms. The van der Waals surface area contributed by atoms with Crippen molar-refractivity contribution < 1.29 is 68.0 Å². The van der Waals surface area contributed by atoms with Gasteiger partial charge < -0.3 is 39.6 Å². The number of carbonyl (C=O) groups excluding carboxylic acids is 5. The van der Waals surface area contributed by atoms with Crippen molar-refractivity contribution in [3.63, 3.8) is 0 Å². The molecule has 324 valence electrons. The number of nitrogens with one attached hydrogen (secondary N) is 1. The summed E-state index contributed by atoms with van der Waals surface area (Å²) in [6, 6.07) is 24.2. The lowest BCUT2D eigenvalue weighted by Crippen LogP contribution is -2.81. The number of rotatable bonds is 12. The zero-order chi connectivity index (χ0) is 43.9. The van der Waals surface area contributed by atoms with E-state index in [1.807, 2.05) is 6.07 Å². The van der Waals surface area contributed by atoms with Crippen LogP contribution in [0.1, 0.15) is 75.0 Å². The van der Waals surface area contributed by atoms with Gasteiger partial charge in [0.25, 0.3) is 5.91 Å². The van der Waals surface area contributed by atoms with Crippen molar-refractivity contribution in [3.05, 3.63) is 119 Å². The number of fused-ring (bicyclic) bond motifs is 5. The third-order valence-corrected chi connectivity index (χ3v) is 13.0. The Morgan fingerprint density at radius 2 is 1.51 bits per heavy atom. The molecule has 4 N–H and O–H groups in total. The van der Waals surface area contributed by atoms with Crippen molar-refractivity contribution >= 4 is 29.6 Å². The first-order valence-electron chi connectivity index (χ1n) is 20.2. The van der Waals surface area contributed by atoms with Crippen molar-refractivity contribution in [1.82, 2.24) is 5.32 Å². The van der Waals surface area contributed by atoms with Crippen molar-refractivity contribution in [2.75, 3.05) is 6.61 Å². The SMILES string of the molecule is CC(=O)O[C@H]1C(=O)[C@@]2(C)C(C(OOCc3ccccc3)[C@]3(O)C[C@H](OC(=O)[C@H](O)[C@@H](NC(=O)c4ccccc4)c4ccccc4)C=C1C3(C)C)[C@]1(OC(C)=O)CO[C@@H]1C[C@@H]2O. The average Bonchev–Trinajstić information content (AvgIpc) is 3.23. The summed E-state index contributed by atoms with van der Waals surface area (Å²) in [5.41, 5.74) is -6.06. The minimum atomic E-state index is -2.25. The van der Waals surface area contributed by atoms with Crippen LogP contribution in [0.3, 0.4) is 0 Å². The highest BCUT2D eigenvalue weighted by Gasteiger charge is 2.78. The topological polar surface area (TPSA) is 213 Å². The van der Waals surface area contributed by atoms with Crippen LogP contribution in [0, 0.1) is 16.7 Å². The van der Waals surface area contributed by atoms with Crippen LogP contribution in [0.15, 0.2) is 103 Å². The number of ether oxygens (including phenoxy) is 4. The number of Topliss-reactive ketones (excluding diaryl/α,β-unsaturated/α-hetero) is 1. The fourth-order valence-electron chi connectivity index (χ4n) is 9.68. The Morgan fingerprint density at radius 1 is 0.885 bits per heavy atom. The van der Waals surface area contributed by atoms with E-state index in [1.165, 1.54) is 19.9 Å². The number of amides is 1. The molecule has 3 aromatic rings. The summed E-state index contributed by atoms with van der Waals surface area (Å²) in [4.78, 5) is 80.8. The lowest BCUT2D eigenvalue weighted by atomic mass is 9.45. The van der Waals surface area contributed by atoms with Gasteiger partial charge in [-0.1, -0.05) is 92.7 Å². The summed E-state index contributed by atoms with van der Waals surface area (Å²) in [6.45, 7) is 6.57. The molecular formula is C46H51NO14. The second-order valence-electron chi connectivity index (χ2n) is 17.0. The summed E-state index contributed by atoms with van der Waals surface area (Å²) in [6.07, 6.45) is -8.48. The highest BCUT2D eigenvalue weighted by atomic mass is 17.2. The van der Waals surface area contributed by atoms with Gasteiger partial charge in [0.05, 0.1) is 30.1 Å². The van der Waals surface area contributed by atoms with E-state index in [1.54, 1.807) is 98.8 Å². The molecule has 3 fully saturated rings.